The van der Waals surface area contributed by atoms with Gasteiger partial charge in [0.15, 0.2) is 5.76 Å². The molecule has 128 valence electrons. The van der Waals surface area contributed by atoms with Crippen LogP contribution in [0.5, 0.6) is 0 Å². The summed E-state index contributed by atoms with van der Waals surface area (Å²) in [6, 6.07) is 14.8. The Hall–Kier alpha value is -2.79. The summed E-state index contributed by atoms with van der Waals surface area (Å²) in [4.78, 5) is 24.0. The van der Waals surface area contributed by atoms with E-state index in [1.165, 1.54) is 4.57 Å². The summed E-state index contributed by atoms with van der Waals surface area (Å²) in [5.41, 5.74) is 2.84. The number of nitrogens with zero attached hydrogens (tertiary/aromatic N) is 1. The summed E-state index contributed by atoms with van der Waals surface area (Å²) in [5.74, 6) is -0.388. The molecule has 0 spiro atoms. The molecule has 1 N–H and O–H groups in total. The number of carbonyl (C=O) groups is 1. The second-order valence-electron chi connectivity index (χ2n) is 5.76. The van der Waals surface area contributed by atoms with Crippen LogP contribution in [-0.2, 0) is 17.9 Å². The third-order valence-corrected chi connectivity index (χ3v) is 4.01. The lowest BCUT2D eigenvalue weighted by Gasteiger charge is -2.05. The molecule has 0 aliphatic rings. The molecule has 0 radical (unpaired) electrons. The van der Waals surface area contributed by atoms with Gasteiger partial charge in [-0.05, 0) is 24.6 Å². The zero-order valence-corrected chi connectivity index (χ0v) is 14.4. The van der Waals surface area contributed by atoms with Crippen molar-refractivity contribution in [3.63, 3.8) is 0 Å². The van der Waals surface area contributed by atoms with Gasteiger partial charge in [-0.25, -0.2) is 4.79 Å². The van der Waals surface area contributed by atoms with Crippen molar-refractivity contribution in [1.82, 2.24) is 9.88 Å². The zero-order valence-electron chi connectivity index (χ0n) is 13.7. The molecular formula is C19H17ClN2O3. The van der Waals surface area contributed by atoms with E-state index in [1.807, 2.05) is 43.3 Å². The molecule has 3 rings (SSSR count). The number of nitrogens with one attached hydrogen (secondary N) is 1. The Morgan fingerprint density at radius 2 is 1.80 bits per heavy atom. The second-order valence-corrected chi connectivity index (χ2v) is 6.19. The average Bonchev–Trinajstić information content (AvgIpc) is 2.95. The van der Waals surface area contributed by atoms with E-state index in [2.05, 4.69) is 5.32 Å². The van der Waals surface area contributed by atoms with Crippen LogP contribution in [0.15, 0.2) is 63.9 Å². The van der Waals surface area contributed by atoms with Crippen molar-refractivity contribution in [3.05, 3.63) is 81.4 Å². The number of amides is 1. The number of hydrogen-bond donors (Lipinski definition) is 1. The highest BCUT2D eigenvalue weighted by Gasteiger charge is 2.11. The number of halogens is 1. The third-order valence-electron chi connectivity index (χ3n) is 3.76. The maximum Gasteiger partial charge on any atom is 0.419 e. The number of benzene rings is 2. The fourth-order valence-corrected chi connectivity index (χ4v) is 2.47. The van der Waals surface area contributed by atoms with E-state index in [9.17, 15) is 9.59 Å². The Bertz CT molecular complexity index is 925. The highest BCUT2D eigenvalue weighted by atomic mass is 35.5. The maximum absolute atomic E-state index is 12.1. The number of hydrogen-bond acceptors (Lipinski definition) is 3. The van der Waals surface area contributed by atoms with E-state index < -0.39 is 5.76 Å². The van der Waals surface area contributed by atoms with Crippen LogP contribution in [-0.4, -0.2) is 10.5 Å². The third kappa shape index (κ3) is 4.39. The minimum atomic E-state index is -0.558. The minimum absolute atomic E-state index is 0.0955. The first kappa shape index (κ1) is 17.0. The maximum atomic E-state index is 12.1. The van der Waals surface area contributed by atoms with Crippen LogP contribution in [0.2, 0.25) is 5.02 Å². The van der Waals surface area contributed by atoms with Crippen LogP contribution < -0.4 is 11.1 Å². The van der Waals surface area contributed by atoms with Gasteiger partial charge in [-0.1, -0.05) is 53.6 Å². The Kier molecular flexibility index (Phi) is 5.05. The van der Waals surface area contributed by atoms with Crippen molar-refractivity contribution in [2.75, 3.05) is 0 Å². The first-order valence-electron chi connectivity index (χ1n) is 7.80. The predicted molar refractivity (Wildman–Crippen MR) is 96.4 cm³/mol. The first-order valence-corrected chi connectivity index (χ1v) is 8.17. The van der Waals surface area contributed by atoms with Gasteiger partial charge in [0, 0.05) is 17.1 Å². The van der Waals surface area contributed by atoms with E-state index in [0.29, 0.717) is 17.3 Å². The van der Waals surface area contributed by atoms with Crippen molar-refractivity contribution >= 4 is 17.5 Å². The van der Waals surface area contributed by atoms with Crippen molar-refractivity contribution < 1.29 is 9.21 Å². The number of aromatic nitrogens is 1. The molecule has 1 amide bonds. The van der Waals surface area contributed by atoms with Crippen LogP contribution in [0.1, 0.15) is 11.1 Å². The molecule has 0 aliphatic heterocycles. The van der Waals surface area contributed by atoms with Crippen LogP contribution in [0.4, 0.5) is 0 Å². The lowest BCUT2D eigenvalue weighted by molar-refractivity contribution is -0.121. The lowest BCUT2D eigenvalue weighted by atomic mass is 10.1. The summed E-state index contributed by atoms with van der Waals surface area (Å²) in [6.07, 6.45) is 1.55. The van der Waals surface area contributed by atoms with E-state index in [-0.39, 0.29) is 12.5 Å². The van der Waals surface area contributed by atoms with Gasteiger partial charge >= 0.3 is 5.76 Å². The van der Waals surface area contributed by atoms with Gasteiger partial charge in [0.1, 0.15) is 6.54 Å². The molecule has 0 aliphatic carbocycles. The topological polar surface area (TPSA) is 64.2 Å². The summed E-state index contributed by atoms with van der Waals surface area (Å²) >= 11 is 5.82. The highest BCUT2D eigenvalue weighted by Crippen LogP contribution is 2.18. The molecule has 1 heterocycles. The van der Waals surface area contributed by atoms with Gasteiger partial charge in [-0.2, -0.15) is 0 Å². The number of aryl methyl sites for hydroxylation is 1. The summed E-state index contributed by atoms with van der Waals surface area (Å²) in [7, 11) is 0. The second kappa shape index (κ2) is 7.40. The summed E-state index contributed by atoms with van der Waals surface area (Å²) in [5, 5.41) is 3.41. The molecule has 0 saturated carbocycles. The van der Waals surface area contributed by atoms with Crippen molar-refractivity contribution in [1.29, 1.82) is 0 Å². The zero-order chi connectivity index (χ0) is 17.8. The highest BCUT2D eigenvalue weighted by molar-refractivity contribution is 6.30. The molecule has 0 atom stereocenters. The van der Waals surface area contributed by atoms with Gasteiger partial charge in [-0.3, -0.25) is 9.36 Å². The molecule has 2 aromatic carbocycles. The number of carbonyl (C=O) groups excluding carboxylic acids is 1. The molecule has 1 aromatic heterocycles. The van der Waals surface area contributed by atoms with Gasteiger partial charge < -0.3 is 9.73 Å². The van der Waals surface area contributed by atoms with Gasteiger partial charge in [0.25, 0.3) is 0 Å². The molecule has 5 nitrogen and oxygen atoms in total. The minimum Gasteiger partial charge on any atom is -0.408 e. The molecule has 25 heavy (non-hydrogen) atoms. The molecule has 0 saturated heterocycles. The Balaban J connectivity index is 1.64. The number of oxazole rings is 1. The summed E-state index contributed by atoms with van der Waals surface area (Å²) < 4.78 is 6.49. The molecule has 0 bridgehead atoms. The van der Waals surface area contributed by atoms with Crippen LogP contribution in [0.25, 0.3) is 11.3 Å². The Morgan fingerprint density at radius 1 is 1.12 bits per heavy atom. The van der Waals surface area contributed by atoms with Gasteiger partial charge in [-0.15, -0.1) is 0 Å². The molecule has 6 heteroatoms. The monoisotopic (exact) mass is 356 g/mol. The van der Waals surface area contributed by atoms with Crippen molar-refractivity contribution in [2.45, 2.75) is 20.0 Å². The number of rotatable bonds is 5. The molecule has 0 unspecified atom stereocenters. The van der Waals surface area contributed by atoms with Crippen molar-refractivity contribution in [2.24, 2.45) is 0 Å². The smallest absolute Gasteiger partial charge is 0.408 e. The van der Waals surface area contributed by atoms with E-state index in [1.54, 1.807) is 18.3 Å². The van der Waals surface area contributed by atoms with Gasteiger partial charge in [0.05, 0.1) is 6.20 Å². The largest absolute Gasteiger partial charge is 0.419 e. The predicted octanol–water partition coefficient (Wildman–Crippen LogP) is 3.39. The van der Waals surface area contributed by atoms with Crippen LogP contribution in [0, 0.1) is 6.92 Å². The van der Waals surface area contributed by atoms with E-state index in [4.69, 9.17) is 16.0 Å². The van der Waals surface area contributed by atoms with Crippen molar-refractivity contribution in [3.8, 4) is 11.3 Å². The average molecular weight is 357 g/mol. The standard InChI is InChI=1S/C19H17ClN2O3/c1-13-2-6-15(7-3-13)17-11-22(19(24)25-17)12-18(23)21-10-14-4-8-16(20)9-5-14/h2-9,11H,10,12H2,1H3,(H,21,23). The van der Waals surface area contributed by atoms with E-state index >= 15 is 0 Å². The Morgan fingerprint density at radius 3 is 2.48 bits per heavy atom. The molecule has 3 aromatic rings. The van der Waals surface area contributed by atoms with E-state index in [0.717, 1.165) is 16.7 Å². The fourth-order valence-electron chi connectivity index (χ4n) is 2.35. The normalized spacial score (nSPS) is 10.6. The fraction of sp³-hybridized carbons (Fsp3) is 0.158. The summed E-state index contributed by atoms with van der Waals surface area (Å²) in [6.45, 7) is 2.26. The molecule has 0 fully saturated rings. The SMILES string of the molecule is Cc1ccc(-c2cn(CC(=O)NCc3ccc(Cl)cc3)c(=O)o2)cc1. The quantitative estimate of drug-likeness (QED) is 0.762. The molecular weight excluding hydrogens is 340 g/mol. The van der Waals surface area contributed by atoms with Crippen LogP contribution in [0.3, 0.4) is 0 Å². The lowest BCUT2D eigenvalue weighted by Crippen LogP contribution is -2.30. The van der Waals surface area contributed by atoms with Gasteiger partial charge in [0.2, 0.25) is 5.91 Å². The van der Waals surface area contributed by atoms with Crippen LogP contribution >= 0.6 is 11.6 Å². The Labute approximate surface area is 149 Å². The first-order chi connectivity index (χ1) is 12.0.